The Morgan fingerprint density at radius 2 is 1.57 bits per heavy atom. The molecule has 1 unspecified atom stereocenters. The molecule has 0 fully saturated rings. The van der Waals surface area contributed by atoms with Crippen LogP contribution in [0.1, 0.15) is 41.4 Å². The van der Waals surface area contributed by atoms with Crippen molar-refractivity contribution in [2.24, 2.45) is 11.8 Å². The summed E-state index contributed by atoms with van der Waals surface area (Å²) in [5, 5.41) is 14.4. The SMILES string of the molecule is CC(C)C(CNC(=O)c1cccc(NC(=O)OCC2c3ccccc3-c3ccccc32)n1)C(=O)O. The molecule has 8 nitrogen and oxygen atoms in total. The monoisotopic (exact) mass is 473 g/mol. The normalized spacial score (nSPS) is 13.0. The van der Waals surface area contributed by atoms with E-state index in [-0.39, 0.29) is 36.5 Å². The van der Waals surface area contributed by atoms with E-state index in [0.717, 1.165) is 22.3 Å². The minimum absolute atomic E-state index is 0.0163. The fourth-order valence-corrected chi connectivity index (χ4v) is 4.27. The molecule has 0 bridgehead atoms. The van der Waals surface area contributed by atoms with Gasteiger partial charge in [-0.2, -0.15) is 0 Å². The minimum atomic E-state index is -0.973. The molecule has 4 rings (SSSR count). The maximum atomic E-state index is 12.5. The average molecular weight is 474 g/mol. The number of carboxylic acid groups (broad SMARTS) is 1. The molecule has 0 aliphatic heterocycles. The summed E-state index contributed by atoms with van der Waals surface area (Å²) in [6.07, 6.45) is -0.678. The van der Waals surface area contributed by atoms with Crippen LogP contribution in [0.4, 0.5) is 10.6 Å². The van der Waals surface area contributed by atoms with E-state index >= 15 is 0 Å². The smallest absolute Gasteiger partial charge is 0.412 e. The molecule has 1 heterocycles. The van der Waals surface area contributed by atoms with Crippen LogP contribution in [0.2, 0.25) is 0 Å². The van der Waals surface area contributed by atoms with Crippen LogP contribution in [0.5, 0.6) is 0 Å². The van der Waals surface area contributed by atoms with Gasteiger partial charge in [0.25, 0.3) is 5.91 Å². The number of amides is 2. The highest BCUT2D eigenvalue weighted by atomic mass is 16.5. The molecule has 1 aromatic heterocycles. The van der Waals surface area contributed by atoms with Crippen molar-refractivity contribution in [3.05, 3.63) is 83.6 Å². The van der Waals surface area contributed by atoms with Crippen LogP contribution < -0.4 is 10.6 Å². The second kappa shape index (κ2) is 10.4. The molecular formula is C27H27N3O5. The van der Waals surface area contributed by atoms with Crippen molar-refractivity contribution in [1.29, 1.82) is 0 Å². The lowest BCUT2D eigenvalue weighted by atomic mass is 9.96. The number of rotatable bonds is 8. The number of aliphatic carboxylic acids is 1. The third kappa shape index (κ3) is 5.32. The number of hydrogen-bond donors (Lipinski definition) is 3. The molecule has 0 spiro atoms. The third-order valence-corrected chi connectivity index (χ3v) is 6.16. The number of carbonyl (C=O) groups is 3. The van der Waals surface area contributed by atoms with Crippen LogP contribution in [0.3, 0.4) is 0 Å². The first kappa shape index (κ1) is 23.9. The standard InChI is InChI=1S/C27H27N3O5/c1-16(2)21(26(32)33)14-28-25(31)23-12-7-13-24(29-23)30-27(34)35-15-22-19-10-5-3-8-17(19)18-9-4-6-11-20(18)22/h3-13,16,21-22H,14-15H2,1-2H3,(H,28,31)(H,32,33)(H,29,30,34). The first-order chi connectivity index (χ1) is 16.8. The predicted molar refractivity (Wildman–Crippen MR) is 131 cm³/mol. The molecule has 3 aromatic rings. The van der Waals surface area contributed by atoms with E-state index in [1.165, 1.54) is 6.07 Å². The van der Waals surface area contributed by atoms with Crippen LogP contribution in [-0.4, -0.2) is 41.2 Å². The van der Waals surface area contributed by atoms with Gasteiger partial charge in [-0.3, -0.25) is 14.9 Å². The fraction of sp³-hybridized carbons (Fsp3) is 0.259. The molecule has 0 saturated carbocycles. The summed E-state index contributed by atoms with van der Waals surface area (Å²) in [7, 11) is 0. The number of hydrogen-bond acceptors (Lipinski definition) is 5. The number of benzene rings is 2. The quantitative estimate of drug-likeness (QED) is 0.442. The highest BCUT2D eigenvalue weighted by molar-refractivity contribution is 5.93. The lowest BCUT2D eigenvalue weighted by molar-refractivity contribution is -0.142. The van der Waals surface area contributed by atoms with Crippen LogP contribution in [0.25, 0.3) is 11.1 Å². The number of carboxylic acids is 1. The molecule has 1 aliphatic rings. The van der Waals surface area contributed by atoms with Gasteiger partial charge in [0.15, 0.2) is 0 Å². The van der Waals surface area contributed by atoms with Gasteiger partial charge in [-0.1, -0.05) is 68.4 Å². The van der Waals surface area contributed by atoms with Crippen molar-refractivity contribution in [2.45, 2.75) is 19.8 Å². The molecule has 1 aliphatic carbocycles. The van der Waals surface area contributed by atoms with Gasteiger partial charge in [0, 0.05) is 12.5 Å². The number of nitrogens with one attached hydrogen (secondary N) is 2. The Bertz CT molecular complexity index is 1210. The minimum Gasteiger partial charge on any atom is -0.481 e. The highest BCUT2D eigenvalue weighted by Crippen LogP contribution is 2.44. The Morgan fingerprint density at radius 3 is 2.17 bits per heavy atom. The molecule has 2 amide bonds. The number of pyridine rings is 1. The second-order valence-corrected chi connectivity index (χ2v) is 8.76. The Balaban J connectivity index is 1.37. The lowest BCUT2D eigenvalue weighted by Gasteiger charge is -2.16. The number of fused-ring (bicyclic) bond motifs is 3. The van der Waals surface area contributed by atoms with Gasteiger partial charge >= 0.3 is 12.1 Å². The molecule has 1 atom stereocenters. The molecular weight excluding hydrogens is 446 g/mol. The third-order valence-electron chi connectivity index (χ3n) is 6.16. The van der Waals surface area contributed by atoms with Gasteiger partial charge in [-0.15, -0.1) is 0 Å². The molecule has 35 heavy (non-hydrogen) atoms. The largest absolute Gasteiger partial charge is 0.481 e. The van der Waals surface area contributed by atoms with Crippen LogP contribution in [-0.2, 0) is 9.53 Å². The predicted octanol–water partition coefficient (Wildman–Crippen LogP) is 4.53. The Hall–Kier alpha value is -4.20. The van der Waals surface area contributed by atoms with E-state index < -0.39 is 23.9 Å². The van der Waals surface area contributed by atoms with Gasteiger partial charge in [0.2, 0.25) is 0 Å². The van der Waals surface area contributed by atoms with E-state index in [1.54, 1.807) is 26.0 Å². The number of anilines is 1. The average Bonchev–Trinajstić information content (AvgIpc) is 3.16. The van der Waals surface area contributed by atoms with Crippen LogP contribution in [0.15, 0.2) is 66.7 Å². The van der Waals surface area contributed by atoms with Crippen LogP contribution in [0, 0.1) is 11.8 Å². The topological polar surface area (TPSA) is 118 Å². The maximum absolute atomic E-state index is 12.5. The summed E-state index contributed by atoms with van der Waals surface area (Å²) in [4.78, 5) is 40.4. The number of nitrogens with zero attached hydrogens (tertiary/aromatic N) is 1. The maximum Gasteiger partial charge on any atom is 0.412 e. The molecule has 3 N–H and O–H groups in total. The number of aromatic nitrogens is 1. The van der Waals surface area contributed by atoms with E-state index in [1.807, 2.05) is 36.4 Å². The number of ether oxygens (including phenoxy) is 1. The Morgan fingerprint density at radius 1 is 0.943 bits per heavy atom. The zero-order chi connectivity index (χ0) is 24.9. The summed E-state index contributed by atoms with van der Waals surface area (Å²) >= 11 is 0. The summed E-state index contributed by atoms with van der Waals surface area (Å²) in [5.41, 5.74) is 4.56. The zero-order valence-electron chi connectivity index (χ0n) is 19.5. The summed E-state index contributed by atoms with van der Waals surface area (Å²) in [6, 6.07) is 20.8. The van der Waals surface area contributed by atoms with Crippen molar-refractivity contribution in [3.63, 3.8) is 0 Å². The molecule has 0 radical (unpaired) electrons. The summed E-state index contributed by atoms with van der Waals surface area (Å²) in [5.74, 6) is -2.25. The first-order valence-corrected chi connectivity index (χ1v) is 11.4. The van der Waals surface area contributed by atoms with Gasteiger partial charge in [0.1, 0.15) is 18.1 Å². The first-order valence-electron chi connectivity index (χ1n) is 11.4. The summed E-state index contributed by atoms with van der Waals surface area (Å²) in [6.45, 7) is 3.70. The molecule has 8 heteroatoms. The fourth-order valence-electron chi connectivity index (χ4n) is 4.27. The summed E-state index contributed by atoms with van der Waals surface area (Å²) < 4.78 is 5.52. The van der Waals surface area contributed by atoms with Gasteiger partial charge in [-0.25, -0.2) is 9.78 Å². The van der Waals surface area contributed by atoms with Crippen molar-refractivity contribution in [3.8, 4) is 11.1 Å². The van der Waals surface area contributed by atoms with Gasteiger partial charge < -0.3 is 15.2 Å². The second-order valence-electron chi connectivity index (χ2n) is 8.76. The molecule has 2 aromatic carbocycles. The Kier molecular flexibility index (Phi) is 7.10. The number of carbonyl (C=O) groups excluding carboxylic acids is 2. The molecule has 180 valence electrons. The van der Waals surface area contributed by atoms with Crippen molar-refractivity contribution in [2.75, 3.05) is 18.5 Å². The van der Waals surface area contributed by atoms with E-state index in [4.69, 9.17) is 4.74 Å². The zero-order valence-corrected chi connectivity index (χ0v) is 19.5. The Labute approximate surface area is 203 Å². The lowest BCUT2D eigenvalue weighted by Crippen LogP contribution is -2.36. The highest BCUT2D eigenvalue weighted by Gasteiger charge is 2.29. The van der Waals surface area contributed by atoms with Gasteiger partial charge in [0.05, 0.1) is 5.92 Å². The van der Waals surface area contributed by atoms with Crippen molar-refractivity contribution in [1.82, 2.24) is 10.3 Å². The van der Waals surface area contributed by atoms with E-state index in [2.05, 4.69) is 27.8 Å². The van der Waals surface area contributed by atoms with E-state index in [0.29, 0.717) is 0 Å². The van der Waals surface area contributed by atoms with E-state index in [9.17, 15) is 19.5 Å². The van der Waals surface area contributed by atoms with Crippen LogP contribution >= 0.6 is 0 Å². The van der Waals surface area contributed by atoms with Gasteiger partial charge in [-0.05, 0) is 40.3 Å². The van der Waals surface area contributed by atoms with Crippen molar-refractivity contribution < 1.29 is 24.2 Å². The molecule has 0 saturated heterocycles. The van der Waals surface area contributed by atoms with Crippen molar-refractivity contribution >= 4 is 23.8 Å².